The van der Waals surface area contributed by atoms with Crippen molar-refractivity contribution in [2.45, 2.75) is 6.04 Å². The fraction of sp³-hybridized carbons (Fsp3) is 0.0833. The third-order valence-corrected chi connectivity index (χ3v) is 5.39. The largest absolute Gasteiger partial charge is 0.508 e. The second-order valence-corrected chi connectivity index (χ2v) is 7.52. The Balaban J connectivity index is 1.99. The van der Waals surface area contributed by atoms with Crippen LogP contribution in [-0.2, 0) is 9.59 Å². The van der Waals surface area contributed by atoms with Crippen molar-refractivity contribution in [3.63, 3.8) is 0 Å². The van der Waals surface area contributed by atoms with Crippen molar-refractivity contribution >= 4 is 34.7 Å². The number of phenols is 1. The number of aliphatic hydroxyl groups excluding tert-OH is 1. The molecule has 0 bridgehead atoms. The molecule has 0 aromatic heterocycles. The van der Waals surface area contributed by atoms with E-state index in [1.165, 1.54) is 43.5 Å². The SMILES string of the molecule is COc1ccc(Cl)cc1/C(O)=C1\C(=O)C(=O)N(c2ccc(F)cc2)C1c1cccc(O)c1. The number of nitrogens with zero attached hydrogens (tertiary/aromatic N) is 1. The summed E-state index contributed by atoms with van der Waals surface area (Å²) in [5, 5.41) is 21.5. The van der Waals surface area contributed by atoms with Crippen LogP contribution in [0.5, 0.6) is 11.5 Å². The van der Waals surface area contributed by atoms with Gasteiger partial charge in [0.15, 0.2) is 0 Å². The first-order valence-electron chi connectivity index (χ1n) is 9.51. The number of hydrogen-bond acceptors (Lipinski definition) is 5. The summed E-state index contributed by atoms with van der Waals surface area (Å²) in [5.74, 6) is -2.69. The van der Waals surface area contributed by atoms with E-state index in [-0.39, 0.29) is 33.3 Å². The standard InChI is InChI=1S/C24H17ClFNO5/c1-32-19-10-5-14(25)12-18(19)22(29)20-21(13-3-2-4-17(28)11-13)27(24(31)23(20)30)16-8-6-15(26)7-9-16/h2-12,21,28-29H,1H3/b22-20+. The summed E-state index contributed by atoms with van der Waals surface area (Å²) in [7, 11) is 1.39. The molecule has 1 amide bonds. The molecule has 0 radical (unpaired) electrons. The number of rotatable bonds is 4. The lowest BCUT2D eigenvalue weighted by Gasteiger charge is -2.25. The quantitative estimate of drug-likeness (QED) is 0.336. The van der Waals surface area contributed by atoms with E-state index in [2.05, 4.69) is 0 Å². The molecular formula is C24H17ClFNO5. The number of phenolic OH excluding ortho intramolecular Hbond substituents is 1. The highest BCUT2D eigenvalue weighted by molar-refractivity contribution is 6.51. The molecule has 0 saturated carbocycles. The van der Waals surface area contributed by atoms with Crippen molar-refractivity contribution < 1.29 is 28.9 Å². The number of Topliss-reactive ketones (excluding diaryl/α,β-unsaturated/α-hetero) is 1. The normalized spacial score (nSPS) is 17.6. The molecule has 1 fully saturated rings. The van der Waals surface area contributed by atoms with Crippen LogP contribution in [-0.4, -0.2) is 29.0 Å². The maximum atomic E-state index is 13.5. The first-order chi connectivity index (χ1) is 15.3. The zero-order valence-electron chi connectivity index (χ0n) is 16.8. The maximum Gasteiger partial charge on any atom is 0.300 e. The van der Waals surface area contributed by atoms with Gasteiger partial charge in [-0.2, -0.15) is 0 Å². The van der Waals surface area contributed by atoms with Gasteiger partial charge in [-0.3, -0.25) is 14.5 Å². The second kappa shape index (κ2) is 8.36. The van der Waals surface area contributed by atoms with Gasteiger partial charge in [0, 0.05) is 10.7 Å². The van der Waals surface area contributed by atoms with Gasteiger partial charge in [-0.25, -0.2) is 4.39 Å². The van der Waals surface area contributed by atoms with E-state index in [1.807, 2.05) is 0 Å². The van der Waals surface area contributed by atoms with Crippen molar-refractivity contribution in [1.82, 2.24) is 0 Å². The fourth-order valence-corrected chi connectivity index (χ4v) is 3.89. The lowest BCUT2D eigenvalue weighted by molar-refractivity contribution is -0.132. The number of carbonyl (C=O) groups is 2. The molecule has 1 atom stereocenters. The predicted molar refractivity (Wildman–Crippen MR) is 117 cm³/mol. The summed E-state index contributed by atoms with van der Waals surface area (Å²) >= 11 is 6.08. The molecule has 4 rings (SSSR count). The molecule has 1 aliphatic rings. The number of anilines is 1. The fourth-order valence-electron chi connectivity index (χ4n) is 3.72. The Morgan fingerprint density at radius 2 is 1.78 bits per heavy atom. The Morgan fingerprint density at radius 3 is 2.44 bits per heavy atom. The zero-order valence-corrected chi connectivity index (χ0v) is 17.5. The van der Waals surface area contributed by atoms with Gasteiger partial charge in [-0.1, -0.05) is 23.7 Å². The predicted octanol–water partition coefficient (Wildman–Crippen LogP) is 4.82. The minimum absolute atomic E-state index is 0.0903. The molecule has 3 aromatic carbocycles. The molecule has 162 valence electrons. The third-order valence-electron chi connectivity index (χ3n) is 5.15. The van der Waals surface area contributed by atoms with E-state index >= 15 is 0 Å². The van der Waals surface area contributed by atoms with Crippen molar-refractivity contribution in [2.75, 3.05) is 12.0 Å². The molecule has 0 aliphatic carbocycles. The van der Waals surface area contributed by atoms with Crippen molar-refractivity contribution in [2.24, 2.45) is 0 Å². The number of hydrogen-bond donors (Lipinski definition) is 2. The summed E-state index contributed by atoms with van der Waals surface area (Å²) in [6.45, 7) is 0. The molecule has 1 aliphatic heterocycles. The Labute approximate surface area is 187 Å². The lowest BCUT2D eigenvalue weighted by atomic mass is 9.94. The van der Waals surface area contributed by atoms with Gasteiger partial charge in [0.05, 0.1) is 24.3 Å². The highest BCUT2D eigenvalue weighted by atomic mass is 35.5. The van der Waals surface area contributed by atoms with Crippen molar-refractivity contribution in [3.05, 3.63) is 94.3 Å². The number of methoxy groups -OCH3 is 1. The Kier molecular flexibility index (Phi) is 5.59. The number of aliphatic hydroxyl groups is 1. The molecule has 2 N–H and O–H groups in total. The summed E-state index contributed by atoms with van der Waals surface area (Å²) in [6, 6.07) is 14.4. The molecule has 1 saturated heterocycles. The van der Waals surface area contributed by atoms with Crippen molar-refractivity contribution in [1.29, 1.82) is 0 Å². The van der Waals surface area contributed by atoms with Crippen LogP contribution in [0.4, 0.5) is 10.1 Å². The topological polar surface area (TPSA) is 87.1 Å². The van der Waals surface area contributed by atoms with Crippen LogP contribution in [0, 0.1) is 5.82 Å². The number of carbonyl (C=O) groups excluding carboxylic acids is 2. The van der Waals surface area contributed by atoms with Gasteiger partial charge in [-0.15, -0.1) is 0 Å². The molecule has 1 heterocycles. The number of ether oxygens (including phenoxy) is 1. The number of ketones is 1. The maximum absolute atomic E-state index is 13.5. The van der Waals surface area contributed by atoms with E-state index in [0.29, 0.717) is 5.56 Å². The Bertz CT molecular complexity index is 1260. The minimum Gasteiger partial charge on any atom is -0.508 e. The number of aromatic hydroxyl groups is 1. The highest BCUT2D eigenvalue weighted by Gasteiger charge is 2.47. The van der Waals surface area contributed by atoms with E-state index < -0.39 is 29.3 Å². The Hall–Kier alpha value is -3.84. The smallest absolute Gasteiger partial charge is 0.300 e. The van der Waals surface area contributed by atoms with Gasteiger partial charge in [0.25, 0.3) is 11.7 Å². The summed E-state index contributed by atoms with van der Waals surface area (Å²) in [4.78, 5) is 27.3. The van der Waals surface area contributed by atoms with E-state index in [4.69, 9.17) is 16.3 Å². The molecular weight excluding hydrogens is 437 g/mol. The van der Waals surface area contributed by atoms with Crippen LogP contribution in [0.15, 0.2) is 72.3 Å². The van der Waals surface area contributed by atoms with Crippen LogP contribution < -0.4 is 9.64 Å². The van der Waals surface area contributed by atoms with Crippen LogP contribution in [0.3, 0.4) is 0 Å². The average Bonchev–Trinajstić information content (AvgIpc) is 3.04. The highest BCUT2D eigenvalue weighted by Crippen LogP contribution is 2.44. The molecule has 1 unspecified atom stereocenters. The van der Waals surface area contributed by atoms with Gasteiger partial charge >= 0.3 is 0 Å². The second-order valence-electron chi connectivity index (χ2n) is 7.09. The van der Waals surface area contributed by atoms with Crippen LogP contribution in [0.25, 0.3) is 5.76 Å². The van der Waals surface area contributed by atoms with Crippen LogP contribution in [0.2, 0.25) is 5.02 Å². The molecule has 6 nitrogen and oxygen atoms in total. The van der Waals surface area contributed by atoms with Gasteiger partial charge < -0.3 is 14.9 Å². The van der Waals surface area contributed by atoms with E-state index in [9.17, 15) is 24.2 Å². The van der Waals surface area contributed by atoms with Crippen molar-refractivity contribution in [3.8, 4) is 11.5 Å². The van der Waals surface area contributed by atoms with Gasteiger partial charge in [-0.05, 0) is 60.2 Å². The Morgan fingerprint density at radius 1 is 1.06 bits per heavy atom. The van der Waals surface area contributed by atoms with E-state index in [1.54, 1.807) is 18.2 Å². The monoisotopic (exact) mass is 453 g/mol. The minimum atomic E-state index is -1.09. The summed E-state index contributed by atoms with van der Waals surface area (Å²) < 4.78 is 18.8. The average molecular weight is 454 g/mol. The molecule has 3 aromatic rings. The molecule has 0 spiro atoms. The third kappa shape index (κ3) is 3.67. The first kappa shape index (κ1) is 21.4. The van der Waals surface area contributed by atoms with Crippen LogP contribution >= 0.6 is 11.6 Å². The van der Waals surface area contributed by atoms with E-state index in [0.717, 1.165) is 17.0 Å². The number of benzene rings is 3. The summed E-state index contributed by atoms with van der Waals surface area (Å²) in [5.41, 5.74) is 0.530. The van der Waals surface area contributed by atoms with Gasteiger partial charge in [0.2, 0.25) is 0 Å². The van der Waals surface area contributed by atoms with Crippen LogP contribution in [0.1, 0.15) is 17.2 Å². The zero-order chi connectivity index (χ0) is 23.0. The summed E-state index contributed by atoms with van der Waals surface area (Å²) in [6.07, 6.45) is 0. The molecule has 8 heteroatoms. The number of amides is 1. The first-order valence-corrected chi connectivity index (χ1v) is 9.89. The molecule has 32 heavy (non-hydrogen) atoms. The number of halogens is 2. The van der Waals surface area contributed by atoms with Gasteiger partial charge in [0.1, 0.15) is 23.1 Å². The lowest BCUT2D eigenvalue weighted by Crippen LogP contribution is -2.29.